The minimum Gasteiger partial charge on any atom is -0.464 e. The van der Waals surface area contributed by atoms with Crippen LogP contribution in [-0.4, -0.2) is 29.2 Å². The minimum atomic E-state index is 0. The number of hydrogen-bond acceptors (Lipinski definition) is 3. The first-order valence-electron chi connectivity index (χ1n) is 7.17. The second-order valence-electron chi connectivity index (χ2n) is 5.15. The molecule has 0 saturated carbocycles. The minimum absolute atomic E-state index is 0. The van der Waals surface area contributed by atoms with E-state index < -0.39 is 0 Å². The number of piperidine rings is 1. The zero-order valence-corrected chi connectivity index (χ0v) is 12.7. The molecule has 1 aromatic heterocycles. The van der Waals surface area contributed by atoms with E-state index in [0.717, 1.165) is 43.3 Å². The lowest BCUT2D eigenvalue weighted by molar-refractivity contribution is 0.199. The topological polar surface area (TPSA) is 39.1 Å². The van der Waals surface area contributed by atoms with Crippen molar-refractivity contribution in [3.8, 4) is 6.01 Å². The van der Waals surface area contributed by atoms with Gasteiger partial charge in [-0.05, 0) is 38.4 Å². The number of halogens is 1. The number of nitrogens with one attached hydrogen (secondary N) is 1. The molecule has 5 heteroatoms. The Bertz CT molecular complexity index is 549. The fourth-order valence-corrected chi connectivity index (χ4v) is 2.73. The number of imidazole rings is 1. The monoisotopic (exact) mass is 295 g/mol. The number of hydrogen-bond donors (Lipinski definition) is 1. The first-order chi connectivity index (χ1) is 9.38. The molecular weight excluding hydrogens is 274 g/mol. The molecule has 1 fully saturated rings. The predicted molar refractivity (Wildman–Crippen MR) is 83.7 cm³/mol. The van der Waals surface area contributed by atoms with Gasteiger partial charge >= 0.3 is 0 Å². The Morgan fingerprint density at radius 2 is 2.25 bits per heavy atom. The average molecular weight is 296 g/mol. The van der Waals surface area contributed by atoms with Gasteiger partial charge in [-0.3, -0.25) is 4.57 Å². The summed E-state index contributed by atoms with van der Waals surface area (Å²) >= 11 is 0. The van der Waals surface area contributed by atoms with Gasteiger partial charge in [-0.25, -0.2) is 0 Å². The number of para-hydroxylation sites is 2. The van der Waals surface area contributed by atoms with Crippen LogP contribution in [0, 0.1) is 5.92 Å². The third kappa shape index (κ3) is 3.07. The van der Waals surface area contributed by atoms with Crippen molar-refractivity contribution in [2.24, 2.45) is 5.92 Å². The normalized spacial score (nSPS) is 18.8. The molecule has 1 unspecified atom stereocenters. The molecule has 1 saturated heterocycles. The van der Waals surface area contributed by atoms with Gasteiger partial charge < -0.3 is 10.1 Å². The van der Waals surface area contributed by atoms with Gasteiger partial charge in [-0.1, -0.05) is 12.1 Å². The average Bonchev–Trinajstić information content (AvgIpc) is 2.83. The maximum Gasteiger partial charge on any atom is 0.297 e. The van der Waals surface area contributed by atoms with Gasteiger partial charge in [0, 0.05) is 19.0 Å². The lowest BCUT2D eigenvalue weighted by Crippen LogP contribution is -2.33. The molecule has 110 valence electrons. The van der Waals surface area contributed by atoms with Crippen LogP contribution in [-0.2, 0) is 6.54 Å². The summed E-state index contributed by atoms with van der Waals surface area (Å²) in [6.07, 6.45) is 2.50. The Kier molecular flexibility index (Phi) is 5.26. The molecule has 1 atom stereocenters. The van der Waals surface area contributed by atoms with Crippen LogP contribution in [0.4, 0.5) is 0 Å². The molecule has 20 heavy (non-hydrogen) atoms. The lowest BCUT2D eigenvalue weighted by atomic mass is 10.0. The number of nitrogens with zero attached hydrogens (tertiary/aromatic N) is 2. The third-order valence-electron chi connectivity index (χ3n) is 3.78. The number of ether oxygens (including phenoxy) is 1. The molecule has 0 radical (unpaired) electrons. The molecular formula is C15H22ClN3O. The zero-order valence-electron chi connectivity index (χ0n) is 11.8. The summed E-state index contributed by atoms with van der Waals surface area (Å²) in [5, 5.41) is 3.42. The summed E-state index contributed by atoms with van der Waals surface area (Å²) in [6.45, 7) is 5.98. The molecule has 2 heterocycles. The SMILES string of the molecule is CCn1c(OCC2CCCNC2)nc2ccccc21.Cl. The van der Waals surface area contributed by atoms with Crippen LogP contribution < -0.4 is 10.1 Å². The second kappa shape index (κ2) is 6.95. The van der Waals surface area contributed by atoms with Crippen LogP contribution in [0.3, 0.4) is 0 Å². The van der Waals surface area contributed by atoms with Gasteiger partial charge in [0.15, 0.2) is 0 Å². The number of aryl methyl sites for hydroxylation is 1. The Morgan fingerprint density at radius 3 is 3.00 bits per heavy atom. The maximum atomic E-state index is 5.96. The van der Waals surface area contributed by atoms with Crippen LogP contribution in [0.5, 0.6) is 6.01 Å². The van der Waals surface area contributed by atoms with Gasteiger partial charge in [0.1, 0.15) is 0 Å². The Labute approximate surface area is 125 Å². The van der Waals surface area contributed by atoms with Gasteiger partial charge in [0.05, 0.1) is 17.6 Å². The predicted octanol–water partition coefficient (Wildman–Crippen LogP) is 2.86. The molecule has 1 aromatic carbocycles. The van der Waals surface area contributed by atoms with Crippen molar-refractivity contribution in [3.63, 3.8) is 0 Å². The lowest BCUT2D eigenvalue weighted by Gasteiger charge is -2.22. The highest BCUT2D eigenvalue weighted by Gasteiger charge is 2.16. The van der Waals surface area contributed by atoms with E-state index in [2.05, 4.69) is 27.9 Å². The van der Waals surface area contributed by atoms with E-state index in [1.807, 2.05) is 18.2 Å². The van der Waals surface area contributed by atoms with Crippen LogP contribution in [0.15, 0.2) is 24.3 Å². The largest absolute Gasteiger partial charge is 0.464 e. The van der Waals surface area contributed by atoms with Gasteiger partial charge in [0.2, 0.25) is 0 Å². The van der Waals surface area contributed by atoms with Crippen LogP contribution >= 0.6 is 12.4 Å². The second-order valence-corrected chi connectivity index (χ2v) is 5.15. The first-order valence-corrected chi connectivity index (χ1v) is 7.17. The zero-order chi connectivity index (χ0) is 13.1. The summed E-state index contributed by atoms with van der Waals surface area (Å²) in [7, 11) is 0. The summed E-state index contributed by atoms with van der Waals surface area (Å²) in [5.41, 5.74) is 2.17. The van der Waals surface area contributed by atoms with Crippen molar-refractivity contribution in [3.05, 3.63) is 24.3 Å². The molecule has 0 aliphatic carbocycles. The summed E-state index contributed by atoms with van der Waals surface area (Å²) in [6, 6.07) is 8.96. The van der Waals surface area contributed by atoms with E-state index in [9.17, 15) is 0 Å². The van der Waals surface area contributed by atoms with Crippen molar-refractivity contribution in [2.75, 3.05) is 19.7 Å². The van der Waals surface area contributed by atoms with E-state index in [0.29, 0.717) is 5.92 Å². The number of fused-ring (bicyclic) bond motifs is 1. The first kappa shape index (κ1) is 15.1. The quantitative estimate of drug-likeness (QED) is 0.943. The van der Waals surface area contributed by atoms with E-state index >= 15 is 0 Å². The number of benzene rings is 1. The summed E-state index contributed by atoms with van der Waals surface area (Å²) in [5.74, 6) is 0.610. The standard InChI is InChI=1S/C15H21N3O.ClH/c1-2-18-14-8-4-3-7-13(14)17-15(18)19-11-12-6-5-9-16-10-12;/h3-4,7-8,12,16H,2,5-6,9-11H2,1H3;1H. The fourth-order valence-electron chi connectivity index (χ4n) is 2.73. The van der Waals surface area contributed by atoms with E-state index in [1.165, 1.54) is 12.8 Å². The molecule has 0 bridgehead atoms. The fraction of sp³-hybridized carbons (Fsp3) is 0.533. The smallest absolute Gasteiger partial charge is 0.297 e. The molecule has 1 aliphatic rings. The van der Waals surface area contributed by atoms with Crippen molar-refractivity contribution < 1.29 is 4.74 Å². The molecule has 1 N–H and O–H groups in total. The van der Waals surface area contributed by atoms with Crippen molar-refractivity contribution in [1.82, 2.24) is 14.9 Å². The van der Waals surface area contributed by atoms with E-state index in [4.69, 9.17) is 4.74 Å². The summed E-state index contributed by atoms with van der Waals surface area (Å²) < 4.78 is 8.11. The van der Waals surface area contributed by atoms with Crippen LogP contribution in [0.1, 0.15) is 19.8 Å². The van der Waals surface area contributed by atoms with Gasteiger partial charge in [0.25, 0.3) is 6.01 Å². The molecule has 4 nitrogen and oxygen atoms in total. The Morgan fingerprint density at radius 1 is 1.40 bits per heavy atom. The van der Waals surface area contributed by atoms with Gasteiger partial charge in [-0.2, -0.15) is 4.98 Å². The van der Waals surface area contributed by atoms with Gasteiger partial charge in [-0.15, -0.1) is 12.4 Å². The molecule has 0 spiro atoms. The Hall–Kier alpha value is -1.26. The third-order valence-corrected chi connectivity index (χ3v) is 3.78. The van der Waals surface area contributed by atoms with Crippen molar-refractivity contribution in [1.29, 1.82) is 0 Å². The number of aromatic nitrogens is 2. The molecule has 1 aliphatic heterocycles. The number of rotatable bonds is 4. The highest BCUT2D eigenvalue weighted by Crippen LogP contribution is 2.22. The van der Waals surface area contributed by atoms with Crippen LogP contribution in [0.2, 0.25) is 0 Å². The summed E-state index contributed by atoms with van der Waals surface area (Å²) in [4.78, 5) is 4.59. The Balaban J connectivity index is 0.00000147. The van der Waals surface area contributed by atoms with Crippen molar-refractivity contribution >= 4 is 23.4 Å². The maximum absolute atomic E-state index is 5.96. The van der Waals surface area contributed by atoms with E-state index in [1.54, 1.807) is 0 Å². The van der Waals surface area contributed by atoms with Crippen molar-refractivity contribution in [2.45, 2.75) is 26.3 Å². The highest BCUT2D eigenvalue weighted by atomic mass is 35.5. The van der Waals surface area contributed by atoms with E-state index in [-0.39, 0.29) is 12.4 Å². The highest BCUT2D eigenvalue weighted by molar-refractivity contribution is 5.85. The van der Waals surface area contributed by atoms with Crippen LogP contribution in [0.25, 0.3) is 11.0 Å². The molecule has 3 rings (SSSR count). The molecule has 2 aromatic rings. The molecule has 0 amide bonds.